The highest BCUT2D eigenvalue weighted by Crippen LogP contribution is 2.30. The second kappa shape index (κ2) is 4.46. The highest BCUT2D eigenvalue weighted by atomic mass is 35.7. The second-order valence-corrected chi connectivity index (χ2v) is 5.43. The normalized spacial score (nSPS) is 11.3. The van der Waals surface area contributed by atoms with Gasteiger partial charge in [0.05, 0.1) is 4.92 Å². The monoisotopic (exact) mass is 301 g/mol. The summed E-state index contributed by atoms with van der Waals surface area (Å²) >= 11 is 0. The van der Waals surface area contributed by atoms with Gasteiger partial charge in [-0.1, -0.05) is 0 Å². The molecule has 11 heteroatoms. The number of halogens is 3. The van der Waals surface area contributed by atoms with Crippen LogP contribution in [0.3, 0.4) is 0 Å². The predicted molar refractivity (Wildman–Crippen MR) is 53.0 cm³/mol. The minimum Gasteiger partial charge on any atom is -0.477 e. The quantitative estimate of drug-likeness (QED) is 0.514. The molecule has 1 aromatic carbocycles. The summed E-state index contributed by atoms with van der Waals surface area (Å²) in [4.78, 5) is 18.1. The first-order valence-corrected chi connectivity index (χ1v) is 6.22. The maximum Gasteiger partial charge on any atom is 0.342 e. The fourth-order valence-electron chi connectivity index (χ4n) is 1.10. The number of hydrogen-bond acceptors (Lipinski definition) is 5. The molecule has 98 valence electrons. The SMILES string of the molecule is O=C(O)c1c(F)c([N+](=O)[O-])cc(S(=O)(=O)Cl)c1F. The first-order chi connectivity index (χ1) is 8.07. The molecule has 0 aliphatic heterocycles. The zero-order valence-corrected chi connectivity index (χ0v) is 9.63. The van der Waals surface area contributed by atoms with Crippen LogP contribution in [0.15, 0.2) is 11.0 Å². The zero-order valence-electron chi connectivity index (χ0n) is 8.06. The summed E-state index contributed by atoms with van der Waals surface area (Å²) in [7, 11) is -0.0358. The fraction of sp³-hybridized carbons (Fsp3) is 0. The van der Waals surface area contributed by atoms with E-state index in [1.807, 2.05) is 0 Å². The van der Waals surface area contributed by atoms with Crippen molar-refractivity contribution < 1.29 is 32.0 Å². The average molecular weight is 302 g/mol. The van der Waals surface area contributed by atoms with E-state index in [9.17, 15) is 32.1 Å². The second-order valence-electron chi connectivity index (χ2n) is 2.90. The van der Waals surface area contributed by atoms with Crippen molar-refractivity contribution in [1.82, 2.24) is 0 Å². The number of aromatic carboxylic acids is 1. The Morgan fingerprint density at radius 3 is 2.22 bits per heavy atom. The number of nitrogens with zero attached hydrogens (tertiary/aromatic N) is 1. The number of benzene rings is 1. The summed E-state index contributed by atoms with van der Waals surface area (Å²) in [5.74, 6) is -6.19. The molecule has 0 aromatic heterocycles. The van der Waals surface area contributed by atoms with Gasteiger partial charge in [0.2, 0.25) is 5.82 Å². The number of carbonyl (C=O) groups is 1. The molecule has 0 radical (unpaired) electrons. The predicted octanol–water partition coefficient (Wildman–Crippen LogP) is 1.50. The van der Waals surface area contributed by atoms with E-state index in [0.29, 0.717) is 0 Å². The fourth-order valence-corrected chi connectivity index (χ4v) is 2.00. The van der Waals surface area contributed by atoms with Gasteiger partial charge in [-0.2, -0.15) is 4.39 Å². The van der Waals surface area contributed by atoms with Crippen LogP contribution in [0.25, 0.3) is 0 Å². The van der Waals surface area contributed by atoms with Crippen molar-refractivity contribution in [3.8, 4) is 0 Å². The Morgan fingerprint density at radius 1 is 1.39 bits per heavy atom. The number of carboxylic acids is 1. The molecule has 0 saturated carbocycles. The number of nitro benzene ring substituents is 1. The molecule has 0 bridgehead atoms. The van der Waals surface area contributed by atoms with Crippen LogP contribution in [0.5, 0.6) is 0 Å². The van der Waals surface area contributed by atoms with Crippen molar-refractivity contribution in [3.63, 3.8) is 0 Å². The third kappa shape index (κ3) is 2.38. The molecule has 7 nitrogen and oxygen atoms in total. The summed E-state index contributed by atoms with van der Waals surface area (Å²) in [6.07, 6.45) is 0. The van der Waals surface area contributed by atoms with E-state index in [0.717, 1.165) is 0 Å². The molecule has 0 heterocycles. The molecule has 18 heavy (non-hydrogen) atoms. The Bertz CT molecular complexity index is 658. The minimum atomic E-state index is -4.80. The molecule has 0 spiro atoms. The van der Waals surface area contributed by atoms with Gasteiger partial charge in [-0.3, -0.25) is 10.1 Å². The highest BCUT2D eigenvalue weighted by molar-refractivity contribution is 8.13. The highest BCUT2D eigenvalue weighted by Gasteiger charge is 2.33. The van der Waals surface area contributed by atoms with Crippen LogP contribution in [-0.2, 0) is 9.05 Å². The van der Waals surface area contributed by atoms with Gasteiger partial charge in [0.1, 0.15) is 10.5 Å². The lowest BCUT2D eigenvalue weighted by molar-refractivity contribution is -0.387. The van der Waals surface area contributed by atoms with Crippen molar-refractivity contribution in [2.45, 2.75) is 4.90 Å². The van der Waals surface area contributed by atoms with Crippen LogP contribution in [0, 0.1) is 21.7 Å². The molecule has 0 atom stereocenters. The van der Waals surface area contributed by atoms with E-state index in [1.54, 1.807) is 0 Å². The van der Waals surface area contributed by atoms with Gasteiger partial charge in [-0.25, -0.2) is 17.6 Å². The number of hydrogen-bond donors (Lipinski definition) is 1. The molecule has 1 N–H and O–H groups in total. The van der Waals surface area contributed by atoms with Gasteiger partial charge in [0.25, 0.3) is 9.05 Å². The van der Waals surface area contributed by atoms with E-state index in [-0.39, 0.29) is 6.07 Å². The van der Waals surface area contributed by atoms with Crippen LogP contribution in [0.2, 0.25) is 0 Å². The first kappa shape index (κ1) is 14.3. The molecule has 1 aromatic rings. The van der Waals surface area contributed by atoms with Crippen LogP contribution in [0.1, 0.15) is 10.4 Å². The summed E-state index contributed by atoms with van der Waals surface area (Å²) in [5.41, 5.74) is -3.27. The van der Waals surface area contributed by atoms with E-state index in [1.165, 1.54) is 0 Å². The third-order valence-electron chi connectivity index (χ3n) is 1.82. The summed E-state index contributed by atoms with van der Waals surface area (Å²) in [6, 6.07) is 0.0133. The first-order valence-electron chi connectivity index (χ1n) is 3.91. The molecule has 0 amide bonds. The smallest absolute Gasteiger partial charge is 0.342 e. The Hall–Kier alpha value is -1.81. The van der Waals surface area contributed by atoms with Gasteiger partial charge in [-0.05, 0) is 0 Å². The molecule has 0 unspecified atom stereocenters. The lowest BCUT2D eigenvalue weighted by Crippen LogP contribution is -2.11. The van der Waals surface area contributed by atoms with Gasteiger partial charge in [0.15, 0.2) is 5.82 Å². The van der Waals surface area contributed by atoms with Gasteiger partial charge >= 0.3 is 11.7 Å². The zero-order chi connectivity index (χ0) is 14.2. The van der Waals surface area contributed by atoms with Crippen molar-refractivity contribution in [1.29, 1.82) is 0 Å². The number of nitro groups is 1. The minimum absolute atomic E-state index is 0.0133. The number of rotatable bonds is 3. The Balaban J connectivity index is 3.90. The van der Waals surface area contributed by atoms with Gasteiger partial charge < -0.3 is 5.11 Å². The van der Waals surface area contributed by atoms with Crippen LogP contribution in [0.4, 0.5) is 14.5 Å². The molecule has 0 saturated heterocycles. The number of carboxylic acid groups (broad SMARTS) is 1. The van der Waals surface area contributed by atoms with Gasteiger partial charge in [0, 0.05) is 16.7 Å². The van der Waals surface area contributed by atoms with Crippen LogP contribution < -0.4 is 0 Å². The molecular weight excluding hydrogens is 300 g/mol. The summed E-state index contributed by atoms with van der Waals surface area (Å²) < 4.78 is 48.5. The van der Waals surface area contributed by atoms with E-state index < -0.39 is 47.7 Å². The standard InChI is InChI=1S/C7H2ClF2NO6S/c8-18(16,17)3-1-2(11(14)15)5(9)4(6(3)10)7(12)13/h1H,(H,12,13). The molecule has 0 fully saturated rings. The maximum atomic E-state index is 13.4. The average Bonchev–Trinajstić information content (AvgIpc) is 2.13. The molecular formula is C7H2ClF2NO6S. The molecule has 1 rings (SSSR count). The third-order valence-corrected chi connectivity index (χ3v) is 3.14. The van der Waals surface area contributed by atoms with E-state index >= 15 is 0 Å². The largest absolute Gasteiger partial charge is 0.477 e. The van der Waals surface area contributed by atoms with Crippen molar-refractivity contribution in [2.24, 2.45) is 0 Å². The van der Waals surface area contributed by atoms with E-state index in [2.05, 4.69) is 0 Å². The lowest BCUT2D eigenvalue weighted by Gasteiger charge is -2.04. The topological polar surface area (TPSA) is 115 Å². The maximum absolute atomic E-state index is 13.4. The Kier molecular flexibility index (Phi) is 3.53. The lowest BCUT2D eigenvalue weighted by atomic mass is 10.1. The molecule has 0 aliphatic carbocycles. The van der Waals surface area contributed by atoms with Crippen molar-refractivity contribution >= 4 is 31.4 Å². The summed E-state index contributed by atoms with van der Waals surface area (Å²) in [5, 5.41) is 18.9. The summed E-state index contributed by atoms with van der Waals surface area (Å²) in [6.45, 7) is 0. The van der Waals surface area contributed by atoms with Gasteiger partial charge in [-0.15, -0.1) is 0 Å². The van der Waals surface area contributed by atoms with Crippen molar-refractivity contribution in [2.75, 3.05) is 0 Å². The van der Waals surface area contributed by atoms with Crippen molar-refractivity contribution in [3.05, 3.63) is 33.4 Å². The Labute approximate surface area is 102 Å². The van der Waals surface area contributed by atoms with Crippen LogP contribution >= 0.6 is 10.7 Å². The van der Waals surface area contributed by atoms with E-state index in [4.69, 9.17) is 15.8 Å². The van der Waals surface area contributed by atoms with Crippen LogP contribution in [-0.4, -0.2) is 24.4 Å². The Morgan fingerprint density at radius 2 is 1.89 bits per heavy atom. The molecule has 0 aliphatic rings.